The summed E-state index contributed by atoms with van der Waals surface area (Å²) in [6.45, 7) is 2.08. The Kier molecular flexibility index (Phi) is 5.33. The maximum atomic E-state index is 13.2. The van der Waals surface area contributed by atoms with Crippen LogP contribution in [0.2, 0.25) is 0 Å². The van der Waals surface area contributed by atoms with E-state index < -0.39 is 0 Å². The average Bonchev–Trinajstić information content (AvgIpc) is 2.63. The summed E-state index contributed by atoms with van der Waals surface area (Å²) in [5.41, 5.74) is 1.70. The molecular weight excluding hydrogens is 337 g/mol. The smallest absolute Gasteiger partial charge is 0.338 e. The molecule has 2 aromatic carbocycles. The van der Waals surface area contributed by atoms with Gasteiger partial charge in [-0.1, -0.05) is 6.07 Å². The van der Waals surface area contributed by atoms with Gasteiger partial charge in [0.25, 0.3) is 0 Å². The van der Waals surface area contributed by atoms with E-state index in [2.05, 4.69) is 25.8 Å². The molecule has 132 valence electrons. The molecule has 3 rings (SSSR count). The Labute approximate surface area is 149 Å². The van der Waals surface area contributed by atoms with Gasteiger partial charge in [0, 0.05) is 11.4 Å². The number of esters is 1. The molecule has 0 aliphatic carbocycles. The molecule has 1 heterocycles. The van der Waals surface area contributed by atoms with Gasteiger partial charge in [-0.2, -0.15) is 10.1 Å². The third-order valence-electron chi connectivity index (χ3n) is 3.31. The molecule has 3 aromatic rings. The fourth-order valence-electron chi connectivity index (χ4n) is 2.16. The molecule has 0 aliphatic rings. The number of carbonyl (C=O) groups is 1. The third kappa shape index (κ3) is 4.50. The van der Waals surface area contributed by atoms with E-state index in [0.29, 0.717) is 23.7 Å². The van der Waals surface area contributed by atoms with Gasteiger partial charge in [0.15, 0.2) is 5.82 Å². The van der Waals surface area contributed by atoms with Crippen molar-refractivity contribution in [2.24, 2.45) is 0 Å². The van der Waals surface area contributed by atoms with Crippen LogP contribution in [0.15, 0.2) is 54.7 Å². The number of nitrogens with one attached hydrogen (secondary N) is 2. The van der Waals surface area contributed by atoms with Crippen molar-refractivity contribution in [2.75, 3.05) is 17.2 Å². The summed E-state index contributed by atoms with van der Waals surface area (Å²) in [5.74, 6) is -0.0604. The zero-order chi connectivity index (χ0) is 18.4. The molecule has 0 aliphatic heterocycles. The first-order chi connectivity index (χ1) is 12.6. The Morgan fingerprint density at radius 3 is 2.65 bits per heavy atom. The van der Waals surface area contributed by atoms with Crippen LogP contribution in [0.4, 0.5) is 27.5 Å². The predicted molar refractivity (Wildman–Crippen MR) is 95.2 cm³/mol. The molecular formula is C18H16FN5O2. The third-order valence-corrected chi connectivity index (χ3v) is 3.31. The molecule has 0 amide bonds. The van der Waals surface area contributed by atoms with Gasteiger partial charge in [-0.15, -0.1) is 5.10 Å². The summed E-state index contributed by atoms with van der Waals surface area (Å²) in [4.78, 5) is 15.9. The average molecular weight is 353 g/mol. The SMILES string of the molecule is CCOC(=O)c1ccc(Nc2cnnc(Nc3cccc(F)c3)n2)cc1. The van der Waals surface area contributed by atoms with Gasteiger partial charge in [0.05, 0.1) is 18.4 Å². The van der Waals surface area contributed by atoms with Crippen LogP contribution in [0.3, 0.4) is 0 Å². The fourth-order valence-corrected chi connectivity index (χ4v) is 2.16. The summed E-state index contributed by atoms with van der Waals surface area (Å²) in [7, 11) is 0. The number of rotatable bonds is 6. The molecule has 0 saturated heterocycles. The molecule has 26 heavy (non-hydrogen) atoms. The standard InChI is InChI=1S/C18H16FN5O2/c1-2-26-17(25)12-6-8-14(9-7-12)21-16-11-20-24-18(23-16)22-15-5-3-4-13(19)10-15/h3-11H,2H2,1H3,(H2,21,22,23,24). The zero-order valence-electron chi connectivity index (χ0n) is 13.9. The van der Waals surface area contributed by atoms with E-state index >= 15 is 0 Å². The molecule has 0 unspecified atom stereocenters. The second kappa shape index (κ2) is 8.02. The fraction of sp³-hybridized carbons (Fsp3) is 0.111. The lowest BCUT2D eigenvalue weighted by molar-refractivity contribution is 0.0526. The van der Waals surface area contributed by atoms with E-state index in [0.717, 1.165) is 5.69 Å². The normalized spacial score (nSPS) is 10.2. The van der Waals surface area contributed by atoms with E-state index in [4.69, 9.17) is 4.74 Å². The van der Waals surface area contributed by atoms with E-state index in [-0.39, 0.29) is 17.7 Å². The number of ether oxygens (including phenoxy) is 1. The first-order valence-electron chi connectivity index (χ1n) is 7.90. The topological polar surface area (TPSA) is 89.0 Å². The number of carbonyl (C=O) groups excluding carboxylic acids is 1. The lowest BCUT2D eigenvalue weighted by atomic mass is 10.2. The van der Waals surface area contributed by atoms with E-state index in [1.54, 1.807) is 43.3 Å². The molecule has 2 N–H and O–H groups in total. The summed E-state index contributed by atoms with van der Waals surface area (Å²) in [5, 5.41) is 13.7. The lowest BCUT2D eigenvalue weighted by Gasteiger charge is -2.08. The Balaban J connectivity index is 1.69. The van der Waals surface area contributed by atoms with E-state index in [9.17, 15) is 9.18 Å². The van der Waals surface area contributed by atoms with Crippen LogP contribution in [0.5, 0.6) is 0 Å². The number of aromatic nitrogens is 3. The van der Waals surface area contributed by atoms with Crippen LogP contribution in [-0.4, -0.2) is 27.8 Å². The Bertz CT molecular complexity index is 902. The van der Waals surface area contributed by atoms with Gasteiger partial charge in [0.1, 0.15) is 5.82 Å². The Morgan fingerprint density at radius 2 is 1.92 bits per heavy atom. The first kappa shape index (κ1) is 17.3. The zero-order valence-corrected chi connectivity index (χ0v) is 13.9. The quantitative estimate of drug-likeness (QED) is 0.654. The Morgan fingerprint density at radius 1 is 1.12 bits per heavy atom. The molecule has 0 spiro atoms. The monoisotopic (exact) mass is 353 g/mol. The summed E-state index contributed by atoms with van der Waals surface area (Å²) in [6.07, 6.45) is 1.45. The van der Waals surface area contributed by atoms with Crippen molar-refractivity contribution in [2.45, 2.75) is 6.92 Å². The minimum absolute atomic E-state index is 0.226. The van der Waals surface area contributed by atoms with Crippen LogP contribution < -0.4 is 10.6 Å². The minimum Gasteiger partial charge on any atom is -0.462 e. The van der Waals surface area contributed by atoms with Gasteiger partial charge in [-0.3, -0.25) is 0 Å². The van der Waals surface area contributed by atoms with Crippen LogP contribution >= 0.6 is 0 Å². The van der Waals surface area contributed by atoms with Gasteiger partial charge in [0.2, 0.25) is 5.95 Å². The maximum absolute atomic E-state index is 13.2. The van der Waals surface area contributed by atoms with Crippen LogP contribution in [0, 0.1) is 5.82 Å². The molecule has 0 fully saturated rings. The highest BCUT2D eigenvalue weighted by Gasteiger charge is 2.07. The number of hydrogen-bond acceptors (Lipinski definition) is 7. The van der Waals surface area contributed by atoms with Crippen molar-refractivity contribution in [3.8, 4) is 0 Å². The van der Waals surface area contributed by atoms with Gasteiger partial charge in [-0.05, 0) is 49.4 Å². The highest BCUT2D eigenvalue weighted by molar-refractivity contribution is 5.89. The number of halogens is 1. The van der Waals surface area contributed by atoms with Crippen LogP contribution in [0.25, 0.3) is 0 Å². The van der Waals surface area contributed by atoms with E-state index in [1.807, 2.05) is 0 Å². The van der Waals surface area contributed by atoms with Gasteiger partial charge in [-0.25, -0.2) is 9.18 Å². The highest BCUT2D eigenvalue weighted by atomic mass is 19.1. The minimum atomic E-state index is -0.371. The van der Waals surface area contributed by atoms with Crippen molar-refractivity contribution in [3.63, 3.8) is 0 Å². The largest absolute Gasteiger partial charge is 0.462 e. The first-order valence-corrected chi connectivity index (χ1v) is 7.90. The van der Waals surface area contributed by atoms with Crippen LogP contribution in [0.1, 0.15) is 17.3 Å². The molecule has 0 saturated carbocycles. The number of benzene rings is 2. The van der Waals surface area contributed by atoms with Crippen molar-refractivity contribution >= 4 is 29.1 Å². The van der Waals surface area contributed by atoms with Crippen LogP contribution in [-0.2, 0) is 4.74 Å². The van der Waals surface area contributed by atoms with Gasteiger partial charge < -0.3 is 15.4 Å². The number of anilines is 4. The summed E-state index contributed by atoms with van der Waals surface area (Å²) in [6, 6.07) is 12.7. The highest BCUT2D eigenvalue weighted by Crippen LogP contribution is 2.18. The molecule has 8 heteroatoms. The lowest BCUT2D eigenvalue weighted by Crippen LogP contribution is -2.05. The van der Waals surface area contributed by atoms with Crippen molar-refractivity contribution < 1.29 is 13.9 Å². The summed E-state index contributed by atoms with van der Waals surface area (Å²) >= 11 is 0. The molecule has 1 aromatic heterocycles. The second-order valence-electron chi connectivity index (χ2n) is 5.22. The summed E-state index contributed by atoms with van der Waals surface area (Å²) < 4.78 is 18.2. The molecule has 0 radical (unpaired) electrons. The molecule has 7 nitrogen and oxygen atoms in total. The second-order valence-corrected chi connectivity index (χ2v) is 5.22. The van der Waals surface area contributed by atoms with Gasteiger partial charge >= 0.3 is 5.97 Å². The van der Waals surface area contributed by atoms with Crippen molar-refractivity contribution in [3.05, 3.63) is 66.1 Å². The maximum Gasteiger partial charge on any atom is 0.338 e. The predicted octanol–water partition coefficient (Wildman–Crippen LogP) is 3.67. The Hall–Kier alpha value is -3.55. The molecule has 0 bridgehead atoms. The van der Waals surface area contributed by atoms with Crippen molar-refractivity contribution in [1.82, 2.24) is 15.2 Å². The molecule has 0 atom stereocenters. The number of hydrogen-bond donors (Lipinski definition) is 2. The number of nitrogens with zero attached hydrogens (tertiary/aromatic N) is 3. The van der Waals surface area contributed by atoms with Crippen molar-refractivity contribution in [1.29, 1.82) is 0 Å². The van der Waals surface area contributed by atoms with E-state index in [1.165, 1.54) is 18.3 Å².